The molecule has 6 nitrogen and oxygen atoms in total. The molecule has 22 heavy (non-hydrogen) atoms. The number of carboxylic acid groups (broad SMARTS) is 1. The second kappa shape index (κ2) is 6.60. The van der Waals surface area contributed by atoms with Crippen LogP contribution in [0, 0.1) is 0 Å². The highest BCUT2D eigenvalue weighted by molar-refractivity contribution is 5.95. The molecule has 1 aliphatic rings. The second-order valence-electron chi connectivity index (χ2n) is 5.60. The number of aliphatic carboxylic acids is 1. The summed E-state index contributed by atoms with van der Waals surface area (Å²) in [6.07, 6.45) is -0.174. The predicted octanol–water partition coefficient (Wildman–Crippen LogP) is 1.22. The van der Waals surface area contributed by atoms with Gasteiger partial charge in [-0.05, 0) is 19.1 Å². The Kier molecular flexibility index (Phi) is 4.80. The van der Waals surface area contributed by atoms with E-state index in [1.54, 1.807) is 34.1 Å². The van der Waals surface area contributed by atoms with Crippen molar-refractivity contribution in [2.75, 3.05) is 13.1 Å². The topological polar surface area (TPSA) is 77.9 Å². The maximum atomic E-state index is 12.7. The molecule has 2 amide bonds. The van der Waals surface area contributed by atoms with Crippen LogP contribution in [-0.2, 0) is 9.59 Å². The lowest BCUT2D eigenvalue weighted by molar-refractivity contribution is -0.141. The van der Waals surface area contributed by atoms with Crippen LogP contribution in [0.3, 0.4) is 0 Å². The Balaban J connectivity index is 2.27. The zero-order valence-electron chi connectivity index (χ0n) is 12.7. The Morgan fingerprint density at radius 2 is 1.82 bits per heavy atom. The normalized spacial score (nSPS) is 21.5. The number of amides is 2. The van der Waals surface area contributed by atoms with Crippen molar-refractivity contribution in [1.29, 1.82) is 0 Å². The van der Waals surface area contributed by atoms with Gasteiger partial charge in [-0.1, -0.05) is 18.2 Å². The van der Waals surface area contributed by atoms with Gasteiger partial charge in [0.2, 0.25) is 5.91 Å². The van der Waals surface area contributed by atoms with Crippen molar-refractivity contribution in [3.05, 3.63) is 35.9 Å². The van der Waals surface area contributed by atoms with Crippen molar-refractivity contribution in [2.45, 2.75) is 32.4 Å². The number of rotatable bonds is 3. The number of piperazine rings is 1. The van der Waals surface area contributed by atoms with Crippen LogP contribution >= 0.6 is 0 Å². The third kappa shape index (κ3) is 3.44. The third-order valence-corrected chi connectivity index (χ3v) is 3.89. The highest BCUT2D eigenvalue weighted by Gasteiger charge is 2.37. The molecule has 1 aromatic rings. The number of benzene rings is 1. The third-order valence-electron chi connectivity index (χ3n) is 3.89. The minimum Gasteiger partial charge on any atom is -0.481 e. The minimum absolute atomic E-state index is 0.103. The molecule has 0 radical (unpaired) electrons. The van der Waals surface area contributed by atoms with Crippen LogP contribution < -0.4 is 0 Å². The molecule has 0 spiro atoms. The molecule has 0 unspecified atom stereocenters. The average Bonchev–Trinajstić information content (AvgIpc) is 2.46. The van der Waals surface area contributed by atoms with E-state index in [4.69, 9.17) is 5.11 Å². The lowest BCUT2D eigenvalue weighted by Gasteiger charge is -2.45. The zero-order valence-corrected chi connectivity index (χ0v) is 12.7. The van der Waals surface area contributed by atoms with Gasteiger partial charge in [0, 0.05) is 31.6 Å². The summed E-state index contributed by atoms with van der Waals surface area (Å²) >= 11 is 0. The molecule has 118 valence electrons. The summed E-state index contributed by atoms with van der Waals surface area (Å²) in [5.74, 6) is -1.27. The molecular formula is C16H20N2O4. The molecule has 1 saturated heterocycles. The molecule has 0 aromatic heterocycles. The van der Waals surface area contributed by atoms with Crippen molar-refractivity contribution in [1.82, 2.24) is 9.80 Å². The van der Waals surface area contributed by atoms with E-state index in [0.29, 0.717) is 12.1 Å². The minimum atomic E-state index is -0.978. The SMILES string of the molecule is CC(=O)N1C[C@H](CC(=O)O)N(C(=O)c2ccccc2)[C@@H](C)C1. The van der Waals surface area contributed by atoms with Gasteiger partial charge in [-0.25, -0.2) is 0 Å². The molecular weight excluding hydrogens is 284 g/mol. The Labute approximate surface area is 129 Å². The van der Waals surface area contributed by atoms with Crippen LogP contribution in [0.2, 0.25) is 0 Å². The van der Waals surface area contributed by atoms with Crippen LogP contribution in [0.1, 0.15) is 30.6 Å². The first-order valence-corrected chi connectivity index (χ1v) is 7.25. The van der Waals surface area contributed by atoms with Gasteiger partial charge in [0.05, 0.1) is 12.5 Å². The fourth-order valence-corrected chi connectivity index (χ4v) is 2.90. The molecule has 1 heterocycles. The summed E-state index contributed by atoms with van der Waals surface area (Å²) < 4.78 is 0. The summed E-state index contributed by atoms with van der Waals surface area (Å²) in [6.45, 7) is 3.97. The van der Waals surface area contributed by atoms with Gasteiger partial charge >= 0.3 is 5.97 Å². The fourth-order valence-electron chi connectivity index (χ4n) is 2.90. The van der Waals surface area contributed by atoms with Crippen LogP contribution in [0.15, 0.2) is 30.3 Å². The maximum Gasteiger partial charge on any atom is 0.305 e. The molecule has 1 N–H and O–H groups in total. The monoisotopic (exact) mass is 304 g/mol. The second-order valence-corrected chi connectivity index (χ2v) is 5.60. The van der Waals surface area contributed by atoms with E-state index < -0.39 is 12.0 Å². The van der Waals surface area contributed by atoms with Crippen LogP contribution in [-0.4, -0.2) is 57.9 Å². The van der Waals surface area contributed by atoms with Gasteiger partial charge in [0.15, 0.2) is 0 Å². The molecule has 6 heteroatoms. The zero-order chi connectivity index (χ0) is 16.3. The first-order valence-electron chi connectivity index (χ1n) is 7.25. The summed E-state index contributed by atoms with van der Waals surface area (Å²) in [6, 6.07) is 8.05. The maximum absolute atomic E-state index is 12.7. The largest absolute Gasteiger partial charge is 0.481 e. The van der Waals surface area contributed by atoms with Gasteiger partial charge in [-0.2, -0.15) is 0 Å². The van der Waals surface area contributed by atoms with E-state index in [2.05, 4.69) is 0 Å². The molecule has 0 aliphatic carbocycles. The van der Waals surface area contributed by atoms with Crippen LogP contribution in [0.5, 0.6) is 0 Å². The lowest BCUT2D eigenvalue weighted by atomic mass is 10.0. The van der Waals surface area contributed by atoms with Crippen molar-refractivity contribution >= 4 is 17.8 Å². The fraction of sp³-hybridized carbons (Fsp3) is 0.438. The van der Waals surface area contributed by atoms with Gasteiger partial charge < -0.3 is 14.9 Å². The summed E-state index contributed by atoms with van der Waals surface area (Å²) in [5, 5.41) is 9.11. The van der Waals surface area contributed by atoms with E-state index in [0.717, 1.165) is 0 Å². The smallest absolute Gasteiger partial charge is 0.305 e. The van der Waals surface area contributed by atoms with E-state index in [9.17, 15) is 14.4 Å². The number of carbonyl (C=O) groups excluding carboxylic acids is 2. The standard InChI is InChI=1S/C16H20N2O4/c1-11-9-17(12(2)19)10-14(8-15(20)21)18(11)16(22)13-6-4-3-5-7-13/h3-7,11,14H,8-10H2,1-2H3,(H,20,21)/t11-,14-/m0/s1. The molecule has 0 saturated carbocycles. The average molecular weight is 304 g/mol. The number of hydrogen-bond donors (Lipinski definition) is 1. The lowest BCUT2D eigenvalue weighted by Crippen LogP contribution is -2.60. The van der Waals surface area contributed by atoms with E-state index >= 15 is 0 Å². The molecule has 2 rings (SSSR count). The van der Waals surface area contributed by atoms with Crippen molar-refractivity contribution in [3.8, 4) is 0 Å². The predicted molar refractivity (Wildman–Crippen MR) is 80.4 cm³/mol. The van der Waals surface area contributed by atoms with E-state index in [-0.39, 0.29) is 30.8 Å². The van der Waals surface area contributed by atoms with Crippen LogP contribution in [0.25, 0.3) is 0 Å². The number of carbonyl (C=O) groups is 3. The molecule has 2 atom stereocenters. The number of hydrogen-bond acceptors (Lipinski definition) is 3. The Morgan fingerprint density at radius 1 is 1.18 bits per heavy atom. The first-order chi connectivity index (χ1) is 10.4. The highest BCUT2D eigenvalue weighted by Crippen LogP contribution is 2.21. The summed E-state index contributed by atoms with van der Waals surface area (Å²) in [7, 11) is 0. The Hall–Kier alpha value is -2.37. The summed E-state index contributed by atoms with van der Waals surface area (Å²) in [5.41, 5.74) is 0.529. The van der Waals surface area contributed by atoms with Crippen molar-refractivity contribution < 1.29 is 19.5 Å². The molecule has 1 fully saturated rings. The molecule has 1 aromatic carbocycles. The molecule has 0 bridgehead atoms. The Morgan fingerprint density at radius 3 is 2.36 bits per heavy atom. The number of carboxylic acids is 1. The Bertz CT molecular complexity index is 573. The highest BCUT2D eigenvalue weighted by atomic mass is 16.4. The van der Waals surface area contributed by atoms with Gasteiger partial charge in [-0.3, -0.25) is 14.4 Å². The van der Waals surface area contributed by atoms with Gasteiger partial charge in [-0.15, -0.1) is 0 Å². The quantitative estimate of drug-likeness (QED) is 0.911. The summed E-state index contributed by atoms with van der Waals surface area (Å²) in [4.78, 5) is 38.6. The van der Waals surface area contributed by atoms with Crippen molar-refractivity contribution in [3.63, 3.8) is 0 Å². The first kappa shape index (κ1) is 16.0. The van der Waals surface area contributed by atoms with Gasteiger partial charge in [0.1, 0.15) is 0 Å². The molecule has 1 aliphatic heterocycles. The van der Waals surface area contributed by atoms with E-state index in [1.165, 1.54) is 6.92 Å². The van der Waals surface area contributed by atoms with Crippen molar-refractivity contribution in [2.24, 2.45) is 0 Å². The van der Waals surface area contributed by atoms with Crippen LogP contribution in [0.4, 0.5) is 0 Å². The van der Waals surface area contributed by atoms with E-state index in [1.807, 2.05) is 13.0 Å². The van der Waals surface area contributed by atoms with Gasteiger partial charge in [0.25, 0.3) is 5.91 Å². The number of nitrogens with zero attached hydrogens (tertiary/aromatic N) is 2.